The van der Waals surface area contributed by atoms with Gasteiger partial charge in [0, 0.05) is 18.8 Å². The minimum absolute atomic E-state index is 0.0493. The van der Waals surface area contributed by atoms with Crippen LogP contribution in [0.3, 0.4) is 0 Å². The number of nitrogens with one attached hydrogen (secondary N) is 1. The number of benzene rings is 1. The van der Waals surface area contributed by atoms with E-state index in [0.29, 0.717) is 23.1 Å². The molecule has 196 valence electrons. The summed E-state index contributed by atoms with van der Waals surface area (Å²) in [5.41, 5.74) is -1.85. The van der Waals surface area contributed by atoms with Crippen LogP contribution in [0.2, 0.25) is 5.02 Å². The molecule has 1 unspecified atom stereocenters. The smallest absolute Gasteiger partial charge is 0.411 e. The second kappa shape index (κ2) is 9.45. The van der Waals surface area contributed by atoms with E-state index in [0.717, 1.165) is 11.7 Å². The summed E-state index contributed by atoms with van der Waals surface area (Å²) >= 11 is 13.8. The number of aromatic nitrogens is 4. The SMILES string of the molecule is Cn1nc(OC(F)(F)C(Cl)Br)c(C(F)(F)F)c1-n1cc(-c2ccc(Cl)c(C(=O)NC3(C#N)CC3)c2)cn1. The second-order valence-corrected chi connectivity index (χ2v) is 10.4. The van der Waals surface area contributed by atoms with Crippen LogP contribution in [0.1, 0.15) is 28.8 Å². The number of carbonyl (C=O) groups excluding carboxylic acids is 1. The number of nitriles is 1. The van der Waals surface area contributed by atoms with Crippen molar-refractivity contribution in [3.63, 3.8) is 0 Å². The number of hydrogen-bond acceptors (Lipinski definition) is 5. The minimum atomic E-state index is -5.15. The average molecular weight is 628 g/mol. The maximum Gasteiger partial charge on any atom is 0.425 e. The highest BCUT2D eigenvalue weighted by Gasteiger charge is 2.48. The molecule has 1 aliphatic carbocycles. The highest BCUT2D eigenvalue weighted by atomic mass is 79.9. The van der Waals surface area contributed by atoms with Crippen LogP contribution in [0, 0.1) is 11.3 Å². The van der Waals surface area contributed by atoms with Crippen molar-refractivity contribution in [1.29, 1.82) is 5.26 Å². The summed E-state index contributed by atoms with van der Waals surface area (Å²) in [5, 5.41) is 19.3. The molecule has 1 aromatic carbocycles. The molecule has 16 heteroatoms. The quantitative estimate of drug-likeness (QED) is 0.269. The third kappa shape index (κ3) is 5.39. The number of aryl methyl sites for hydroxylation is 1. The van der Waals surface area contributed by atoms with Gasteiger partial charge in [0.15, 0.2) is 15.7 Å². The van der Waals surface area contributed by atoms with E-state index < -0.39 is 45.3 Å². The van der Waals surface area contributed by atoms with Gasteiger partial charge < -0.3 is 10.1 Å². The summed E-state index contributed by atoms with van der Waals surface area (Å²) < 4.78 is 73.2. The van der Waals surface area contributed by atoms with E-state index in [2.05, 4.69) is 36.2 Å². The molecule has 1 atom stereocenters. The summed E-state index contributed by atoms with van der Waals surface area (Å²) in [7, 11) is 1.09. The molecular weight excluding hydrogens is 614 g/mol. The number of halogens is 8. The molecule has 1 saturated carbocycles. The number of hydrogen-bond donors (Lipinski definition) is 1. The molecule has 8 nitrogen and oxygen atoms in total. The predicted molar refractivity (Wildman–Crippen MR) is 125 cm³/mol. The van der Waals surface area contributed by atoms with Crippen LogP contribution in [0.5, 0.6) is 5.88 Å². The van der Waals surface area contributed by atoms with E-state index in [-0.39, 0.29) is 16.1 Å². The number of carbonyl (C=O) groups is 1. The van der Waals surface area contributed by atoms with Crippen molar-refractivity contribution in [2.45, 2.75) is 35.0 Å². The third-order valence-corrected chi connectivity index (χ3v) is 6.53. The van der Waals surface area contributed by atoms with Crippen molar-refractivity contribution in [3.05, 3.63) is 46.7 Å². The van der Waals surface area contributed by atoms with Crippen LogP contribution in [0.15, 0.2) is 30.6 Å². The lowest BCUT2D eigenvalue weighted by Crippen LogP contribution is -2.35. The first kappa shape index (κ1) is 27.2. The first-order chi connectivity index (χ1) is 17.2. The standard InChI is InChI=1S/C21H14BrCl2F5N6O2/c1-34-17(14(20(25,26)27)16(33-34)37-21(28,29)18(22)24)35-8-11(7-31-35)10-2-3-13(23)12(6-10)15(36)32-19(9-30)4-5-19/h2-3,6-8,18H,4-5H2,1H3,(H,32,36). The highest BCUT2D eigenvalue weighted by molar-refractivity contribution is 9.10. The van der Waals surface area contributed by atoms with Crippen molar-refractivity contribution in [1.82, 2.24) is 24.9 Å². The van der Waals surface area contributed by atoms with Crippen LogP contribution in [-0.4, -0.2) is 41.4 Å². The lowest BCUT2D eigenvalue weighted by molar-refractivity contribution is -0.172. The number of amides is 1. The first-order valence-electron chi connectivity index (χ1n) is 10.3. The fourth-order valence-corrected chi connectivity index (χ4v) is 3.73. The lowest BCUT2D eigenvalue weighted by Gasteiger charge is -2.18. The largest absolute Gasteiger partial charge is 0.425 e. The van der Waals surface area contributed by atoms with E-state index in [1.807, 2.05) is 6.07 Å². The van der Waals surface area contributed by atoms with Crippen LogP contribution in [0.4, 0.5) is 22.0 Å². The van der Waals surface area contributed by atoms with Crippen LogP contribution >= 0.6 is 39.1 Å². The minimum Gasteiger partial charge on any atom is -0.411 e. The zero-order chi connectivity index (χ0) is 27.3. The van der Waals surface area contributed by atoms with Crippen molar-refractivity contribution in [2.24, 2.45) is 7.05 Å². The molecule has 3 aromatic rings. The van der Waals surface area contributed by atoms with E-state index in [1.54, 1.807) is 0 Å². The fraction of sp³-hybridized carbons (Fsp3) is 0.333. The van der Waals surface area contributed by atoms with E-state index >= 15 is 0 Å². The number of rotatable bonds is 7. The van der Waals surface area contributed by atoms with Gasteiger partial charge in [0.2, 0.25) is 0 Å². The predicted octanol–water partition coefficient (Wildman–Crippen LogP) is 5.66. The Balaban J connectivity index is 1.72. The molecule has 0 bridgehead atoms. The van der Waals surface area contributed by atoms with Gasteiger partial charge in [-0.05, 0) is 30.5 Å². The fourth-order valence-electron chi connectivity index (χ4n) is 3.39. The number of alkyl halides is 7. The molecule has 1 N–H and O–H groups in total. The van der Waals surface area contributed by atoms with Gasteiger partial charge in [-0.3, -0.25) is 4.79 Å². The normalized spacial score (nSPS) is 15.7. The summed E-state index contributed by atoms with van der Waals surface area (Å²) in [4.78, 5) is 12.7. The lowest BCUT2D eigenvalue weighted by atomic mass is 10.1. The Labute approximate surface area is 224 Å². The monoisotopic (exact) mass is 626 g/mol. The molecule has 2 heterocycles. The zero-order valence-electron chi connectivity index (χ0n) is 18.5. The molecule has 1 fully saturated rings. The molecule has 0 spiro atoms. The molecule has 1 aliphatic rings. The average Bonchev–Trinajstić information content (AvgIpc) is 3.25. The Kier molecular flexibility index (Phi) is 6.93. The maximum atomic E-state index is 13.9. The van der Waals surface area contributed by atoms with Gasteiger partial charge in [-0.1, -0.05) is 45.2 Å². The number of ether oxygens (including phenoxy) is 1. The van der Waals surface area contributed by atoms with Crippen molar-refractivity contribution in [2.75, 3.05) is 0 Å². The third-order valence-electron chi connectivity index (χ3n) is 5.42. The Morgan fingerprint density at radius 2 is 1.97 bits per heavy atom. The summed E-state index contributed by atoms with van der Waals surface area (Å²) in [6, 6.07) is 6.35. The Morgan fingerprint density at radius 1 is 1.30 bits per heavy atom. The molecule has 2 aromatic heterocycles. The van der Waals surface area contributed by atoms with Crippen molar-refractivity contribution in [3.8, 4) is 28.9 Å². The first-order valence-corrected chi connectivity index (χ1v) is 12.0. The summed E-state index contributed by atoms with van der Waals surface area (Å²) in [6.07, 6.45) is -5.97. The molecule has 1 amide bonds. The van der Waals surface area contributed by atoms with Crippen LogP contribution < -0.4 is 10.1 Å². The van der Waals surface area contributed by atoms with Gasteiger partial charge in [0.05, 0.1) is 22.9 Å². The molecule has 0 radical (unpaired) electrons. The maximum absolute atomic E-state index is 13.9. The van der Waals surface area contributed by atoms with Crippen molar-refractivity contribution < 1.29 is 31.5 Å². The Morgan fingerprint density at radius 3 is 2.54 bits per heavy atom. The van der Waals surface area contributed by atoms with Gasteiger partial charge in [-0.25, -0.2) is 9.36 Å². The second-order valence-electron chi connectivity index (χ2n) is 8.11. The molecular formula is C21H14BrCl2F5N6O2. The molecule has 0 aliphatic heterocycles. The summed E-state index contributed by atoms with van der Waals surface area (Å²) in [5.74, 6) is -2.69. The van der Waals surface area contributed by atoms with E-state index in [9.17, 15) is 32.0 Å². The van der Waals surface area contributed by atoms with Gasteiger partial charge >= 0.3 is 12.3 Å². The number of nitrogens with zero attached hydrogens (tertiary/aromatic N) is 5. The van der Waals surface area contributed by atoms with E-state index in [1.165, 1.54) is 30.6 Å². The van der Waals surface area contributed by atoms with Gasteiger partial charge in [0.1, 0.15) is 5.54 Å². The van der Waals surface area contributed by atoms with Gasteiger partial charge in [0.25, 0.3) is 11.8 Å². The zero-order valence-corrected chi connectivity index (χ0v) is 21.6. The topological polar surface area (TPSA) is 97.8 Å². The van der Waals surface area contributed by atoms with Crippen LogP contribution in [0.25, 0.3) is 16.9 Å². The molecule has 0 saturated heterocycles. The molecule has 37 heavy (non-hydrogen) atoms. The van der Waals surface area contributed by atoms with Crippen molar-refractivity contribution >= 4 is 45.0 Å². The van der Waals surface area contributed by atoms with Gasteiger partial charge in [-0.15, -0.1) is 5.10 Å². The van der Waals surface area contributed by atoms with Gasteiger partial charge in [-0.2, -0.15) is 32.3 Å². The van der Waals surface area contributed by atoms with Crippen LogP contribution in [-0.2, 0) is 13.2 Å². The summed E-state index contributed by atoms with van der Waals surface area (Å²) in [6.45, 7) is 0. The van der Waals surface area contributed by atoms with E-state index in [4.69, 9.17) is 23.2 Å². The Bertz CT molecular complexity index is 1410. The highest BCUT2D eigenvalue weighted by Crippen LogP contribution is 2.43. The molecule has 4 rings (SSSR count). The Hall–Kier alpha value is -2.89.